The Bertz CT molecular complexity index is 2500. The molecule has 0 unspecified atom stereocenters. The number of rotatable bonds is 14. The Labute approximate surface area is 356 Å². The Morgan fingerprint density at radius 1 is 0.565 bits per heavy atom. The molecular formula is C46H50F4N6O6. The normalized spacial score (nSPS) is 14.2. The molecule has 0 atom stereocenters. The van der Waals surface area contributed by atoms with E-state index in [0.29, 0.717) is 98.1 Å². The number of carbonyl (C=O) groups excluding carboxylic acids is 2. The van der Waals surface area contributed by atoms with Crippen LogP contribution in [-0.2, 0) is 22.3 Å². The molecule has 0 spiro atoms. The number of anilines is 2. The topological polar surface area (TPSA) is 113 Å². The summed E-state index contributed by atoms with van der Waals surface area (Å²) in [5.41, 5.74) is 5.75. The zero-order chi connectivity index (χ0) is 43.6. The lowest BCUT2D eigenvalue weighted by atomic mass is 10.1. The van der Waals surface area contributed by atoms with Crippen LogP contribution in [0.15, 0.2) is 72.8 Å². The van der Waals surface area contributed by atoms with Crippen molar-refractivity contribution in [3.63, 3.8) is 0 Å². The smallest absolute Gasteiger partial charge is 0.304 e. The summed E-state index contributed by atoms with van der Waals surface area (Å²) in [7, 11) is 2.98. The fraction of sp³-hybridized carbons (Fsp3) is 0.391. The van der Waals surface area contributed by atoms with E-state index in [1.807, 2.05) is 36.4 Å². The second kappa shape index (κ2) is 20.7. The molecular weight excluding hydrogens is 809 g/mol. The van der Waals surface area contributed by atoms with Crippen LogP contribution in [0.4, 0.5) is 28.9 Å². The molecule has 0 N–H and O–H groups in total. The SMILES string of the molecule is COc1nc2cc(N3CCOCC3)ccc2n1C(=O)CCCCc1ccc(F)cc1F.COc1nc2ccc(N3CCOCC3)cc2n1C(=O)CCCCc1ccc(F)cc1F. The van der Waals surface area contributed by atoms with Crippen LogP contribution in [0, 0.1) is 23.3 Å². The van der Waals surface area contributed by atoms with Crippen LogP contribution in [0.3, 0.4) is 0 Å². The standard InChI is InChI=1S/2C23H25F2N3O3/c1-30-23-26-20-15-18(27-10-12-31-13-11-27)8-9-21(20)28(23)22(29)5-3-2-4-16-6-7-17(24)14-19(16)25;1-30-23-26-20-9-8-18(27-10-12-31-13-11-27)15-21(20)28(23)22(29)5-3-2-4-16-6-7-17(24)14-19(16)25/h2*6-9,14-15H,2-5,10-13H2,1H3. The van der Waals surface area contributed by atoms with E-state index in [1.54, 1.807) is 0 Å². The molecule has 0 saturated carbocycles. The van der Waals surface area contributed by atoms with E-state index >= 15 is 0 Å². The monoisotopic (exact) mass is 858 g/mol. The first kappa shape index (κ1) is 44.1. The summed E-state index contributed by atoms with van der Waals surface area (Å²) >= 11 is 0. The molecule has 2 aliphatic heterocycles. The number of carbonyl (C=O) groups is 2. The van der Waals surface area contributed by atoms with E-state index in [2.05, 4.69) is 19.8 Å². The van der Waals surface area contributed by atoms with Gasteiger partial charge in [-0.3, -0.25) is 9.59 Å². The van der Waals surface area contributed by atoms with E-state index in [9.17, 15) is 27.2 Å². The van der Waals surface area contributed by atoms with Crippen LogP contribution in [0.25, 0.3) is 22.1 Å². The van der Waals surface area contributed by atoms with Gasteiger partial charge in [0.25, 0.3) is 0 Å². The summed E-state index contributed by atoms with van der Waals surface area (Å²) in [5, 5.41) is 0. The molecule has 0 aliphatic carbocycles. The number of hydrogen-bond acceptors (Lipinski definition) is 10. The molecule has 0 bridgehead atoms. The van der Waals surface area contributed by atoms with Crippen molar-refractivity contribution in [3.8, 4) is 12.0 Å². The molecule has 4 heterocycles. The van der Waals surface area contributed by atoms with Gasteiger partial charge in [0.05, 0.1) is 62.7 Å². The number of fused-ring (bicyclic) bond motifs is 2. The summed E-state index contributed by atoms with van der Waals surface area (Å²) in [6, 6.07) is 19.3. The molecule has 4 aromatic carbocycles. The first-order valence-electron chi connectivity index (χ1n) is 20.9. The zero-order valence-electron chi connectivity index (χ0n) is 34.9. The second-order valence-electron chi connectivity index (χ2n) is 15.1. The highest BCUT2D eigenvalue weighted by Crippen LogP contribution is 2.29. The Balaban J connectivity index is 0.000000186. The van der Waals surface area contributed by atoms with E-state index < -0.39 is 23.3 Å². The van der Waals surface area contributed by atoms with Gasteiger partial charge in [0.1, 0.15) is 23.3 Å². The van der Waals surface area contributed by atoms with Gasteiger partial charge in [0.15, 0.2) is 0 Å². The number of aryl methyl sites for hydroxylation is 2. The number of hydrogen-bond donors (Lipinski definition) is 0. The fourth-order valence-electron chi connectivity index (χ4n) is 7.74. The lowest BCUT2D eigenvalue weighted by molar-refractivity contribution is 0.0884. The molecule has 2 fully saturated rings. The third-order valence-corrected chi connectivity index (χ3v) is 11.0. The van der Waals surface area contributed by atoms with Gasteiger partial charge < -0.3 is 28.7 Å². The Kier molecular flexibility index (Phi) is 14.7. The minimum absolute atomic E-state index is 0.127. The van der Waals surface area contributed by atoms with Crippen LogP contribution in [0.5, 0.6) is 12.0 Å². The number of imidazole rings is 2. The summed E-state index contributed by atoms with van der Waals surface area (Å²) in [4.78, 5) is 39.2. The molecule has 6 aromatic rings. The Morgan fingerprint density at radius 2 is 1.03 bits per heavy atom. The van der Waals surface area contributed by atoms with Crippen LogP contribution in [-0.4, -0.2) is 97.7 Å². The summed E-state index contributed by atoms with van der Waals surface area (Å²) in [6.07, 6.45) is 3.81. The van der Waals surface area contributed by atoms with Gasteiger partial charge in [0, 0.05) is 62.5 Å². The largest absolute Gasteiger partial charge is 0.468 e. The molecule has 0 radical (unpaired) electrons. The van der Waals surface area contributed by atoms with Crippen molar-refractivity contribution in [2.45, 2.75) is 51.4 Å². The average Bonchev–Trinajstić information content (AvgIpc) is 3.86. The zero-order valence-corrected chi connectivity index (χ0v) is 34.9. The van der Waals surface area contributed by atoms with Gasteiger partial charge in [-0.15, -0.1) is 0 Å². The van der Waals surface area contributed by atoms with Crippen molar-refractivity contribution in [1.82, 2.24) is 19.1 Å². The third kappa shape index (κ3) is 10.5. The molecule has 62 heavy (non-hydrogen) atoms. The van der Waals surface area contributed by atoms with Crippen LogP contribution >= 0.6 is 0 Å². The minimum atomic E-state index is -0.591. The fourth-order valence-corrected chi connectivity index (χ4v) is 7.74. The van der Waals surface area contributed by atoms with Gasteiger partial charge in [-0.05, 0) is 98.2 Å². The molecule has 2 aliphatic rings. The van der Waals surface area contributed by atoms with Gasteiger partial charge in [0.2, 0.25) is 11.8 Å². The predicted molar refractivity (Wildman–Crippen MR) is 228 cm³/mol. The number of aromatic nitrogens is 4. The summed E-state index contributed by atoms with van der Waals surface area (Å²) in [6.45, 7) is 5.96. The first-order valence-corrected chi connectivity index (χ1v) is 20.9. The molecule has 12 nitrogen and oxygen atoms in total. The van der Waals surface area contributed by atoms with Crippen molar-refractivity contribution >= 4 is 45.3 Å². The number of methoxy groups -OCH3 is 2. The minimum Gasteiger partial charge on any atom is -0.468 e. The number of ether oxygens (including phenoxy) is 4. The van der Waals surface area contributed by atoms with Gasteiger partial charge >= 0.3 is 12.0 Å². The molecule has 2 saturated heterocycles. The predicted octanol–water partition coefficient (Wildman–Crippen LogP) is 8.43. The Morgan fingerprint density at radius 3 is 1.53 bits per heavy atom. The molecule has 328 valence electrons. The van der Waals surface area contributed by atoms with Crippen molar-refractivity contribution < 1.29 is 46.1 Å². The highest BCUT2D eigenvalue weighted by molar-refractivity contribution is 5.94. The maximum absolute atomic E-state index is 13.8. The number of morpholine rings is 2. The van der Waals surface area contributed by atoms with Crippen molar-refractivity contribution in [2.24, 2.45) is 0 Å². The molecule has 16 heteroatoms. The first-order chi connectivity index (χ1) is 30.1. The van der Waals surface area contributed by atoms with Gasteiger partial charge in [-0.1, -0.05) is 12.1 Å². The van der Waals surface area contributed by atoms with E-state index in [4.69, 9.17) is 18.9 Å². The average molecular weight is 859 g/mol. The van der Waals surface area contributed by atoms with Crippen LogP contribution in [0.1, 0.15) is 59.2 Å². The van der Waals surface area contributed by atoms with Crippen molar-refractivity contribution in [3.05, 3.63) is 107 Å². The number of nitrogens with zero attached hydrogens (tertiary/aromatic N) is 6. The Hall–Kier alpha value is -6.00. The highest BCUT2D eigenvalue weighted by Gasteiger charge is 2.22. The third-order valence-electron chi connectivity index (χ3n) is 11.0. The number of unbranched alkanes of at least 4 members (excludes halogenated alkanes) is 2. The van der Waals surface area contributed by atoms with Gasteiger partial charge in [-0.25, -0.2) is 26.7 Å². The number of benzene rings is 4. The molecule has 0 amide bonds. The van der Waals surface area contributed by atoms with Crippen molar-refractivity contribution in [1.29, 1.82) is 0 Å². The van der Waals surface area contributed by atoms with Gasteiger partial charge in [-0.2, -0.15) is 9.97 Å². The van der Waals surface area contributed by atoms with Crippen LogP contribution < -0.4 is 19.3 Å². The molecule has 8 rings (SSSR count). The summed E-state index contributed by atoms with van der Waals surface area (Å²) < 4.78 is 78.1. The summed E-state index contributed by atoms with van der Waals surface area (Å²) in [5.74, 6) is -2.54. The molecule has 2 aromatic heterocycles. The van der Waals surface area contributed by atoms with E-state index in [0.717, 1.165) is 49.7 Å². The maximum atomic E-state index is 13.8. The van der Waals surface area contributed by atoms with E-state index in [-0.39, 0.29) is 36.7 Å². The highest BCUT2D eigenvalue weighted by atomic mass is 19.1. The lowest BCUT2D eigenvalue weighted by Gasteiger charge is -2.28. The number of halogens is 4. The van der Waals surface area contributed by atoms with E-state index in [1.165, 1.54) is 47.6 Å². The maximum Gasteiger partial charge on any atom is 0.304 e. The van der Waals surface area contributed by atoms with Crippen LogP contribution in [0.2, 0.25) is 0 Å². The second-order valence-corrected chi connectivity index (χ2v) is 15.1. The lowest BCUT2D eigenvalue weighted by Crippen LogP contribution is -2.36. The quantitative estimate of drug-likeness (QED) is 0.0782. The van der Waals surface area contributed by atoms with Crippen molar-refractivity contribution in [2.75, 3.05) is 76.6 Å².